The fraction of sp³-hybridized carbons (Fsp3) is 0.556. The Balaban J connectivity index is 2.24. The lowest BCUT2D eigenvalue weighted by Gasteiger charge is -2.17. The molecule has 0 amide bonds. The topological polar surface area (TPSA) is 108 Å². The van der Waals surface area contributed by atoms with E-state index in [2.05, 4.69) is 9.97 Å². The zero-order chi connectivity index (χ0) is 12.4. The third-order valence-corrected chi connectivity index (χ3v) is 2.44. The molecule has 0 saturated heterocycles. The van der Waals surface area contributed by atoms with E-state index in [1.54, 1.807) is 16.8 Å². The first kappa shape index (κ1) is 11.7. The van der Waals surface area contributed by atoms with Gasteiger partial charge in [-0.25, -0.2) is 0 Å². The van der Waals surface area contributed by atoms with Crippen LogP contribution in [-0.4, -0.2) is 48.7 Å². The normalized spacial score (nSPS) is 14.2. The molecule has 1 aromatic heterocycles. The van der Waals surface area contributed by atoms with E-state index in [0.717, 1.165) is 0 Å². The molecule has 17 heavy (non-hydrogen) atoms. The second-order valence-electron chi connectivity index (χ2n) is 3.76. The molecular formula is C9H15N5O3. The SMILES string of the molecule is CN1CN(COCCO)c2nc(N)[nH]c(=O)c21. The summed E-state index contributed by atoms with van der Waals surface area (Å²) in [5, 5.41) is 8.63. The molecule has 4 N–H and O–H groups in total. The minimum atomic E-state index is -0.264. The van der Waals surface area contributed by atoms with Crippen molar-refractivity contribution in [2.24, 2.45) is 0 Å². The molecule has 0 radical (unpaired) electrons. The Bertz CT molecular complexity index is 460. The fourth-order valence-corrected chi connectivity index (χ4v) is 1.77. The predicted molar refractivity (Wildman–Crippen MR) is 62.9 cm³/mol. The zero-order valence-corrected chi connectivity index (χ0v) is 9.51. The number of nitrogens with two attached hydrogens (primary N) is 1. The van der Waals surface area contributed by atoms with E-state index in [0.29, 0.717) is 18.2 Å². The van der Waals surface area contributed by atoms with Crippen LogP contribution < -0.4 is 21.1 Å². The van der Waals surface area contributed by atoms with Gasteiger partial charge in [-0.2, -0.15) is 4.98 Å². The first-order valence-electron chi connectivity index (χ1n) is 5.18. The van der Waals surface area contributed by atoms with Crippen molar-refractivity contribution in [2.75, 3.05) is 49.2 Å². The van der Waals surface area contributed by atoms with Crippen molar-refractivity contribution in [3.05, 3.63) is 10.4 Å². The third kappa shape index (κ3) is 2.17. The zero-order valence-electron chi connectivity index (χ0n) is 9.51. The average Bonchev–Trinajstić information content (AvgIpc) is 2.56. The lowest BCUT2D eigenvalue weighted by molar-refractivity contribution is 0.0930. The number of anilines is 3. The quantitative estimate of drug-likeness (QED) is 0.552. The summed E-state index contributed by atoms with van der Waals surface area (Å²) >= 11 is 0. The van der Waals surface area contributed by atoms with Crippen LogP contribution in [-0.2, 0) is 4.74 Å². The number of fused-ring (bicyclic) bond motifs is 1. The Hall–Kier alpha value is -1.80. The van der Waals surface area contributed by atoms with Crippen LogP contribution in [0.2, 0.25) is 0 Å². The Labute approximate surface area is 97.6 Å². The van der Waals surface area contributed by atoms with Crippen LogP contribution in [0.15, 0.2) is 4.79 Å². The van der Waals surface area contributed by atoms with E-state index in [1.807, 2.05) is 0 Å². The molecule has 1 aliphatic rings. The van der Waals surface area contributed by atoms with Gasteiger partial charge >= 0.3 is 0 Å². The smallest absolute Gasteiger partial charge is 0.278 e. The fourth-order valence-electron chi connectivity index (χ4n) is 1.77. The lowest BCUT2D eigenvalue weighted by Crippen LogP contribution is -2.31. The molecule has 0 unspecified atom stereocenters. The summed E-state index contributed by atoms with van der Waals surface area (Å²) in [7, 11) is 1.79. The average molecular weight is 241 g/mol. The number of nitrogens with zero attached hydrogens (tertiary/aromatic N) is 3. The number of rotatable bonds is 4. The first-order valence-corrected chi connectivity index (χ1v) is 5.18. The van der Waals surface area contributed by atoms with Crippen molar-refractivity contribution in [1.29, 1.82) is 0 Å². The van der Waals surface area contributed by atoms with Crippen molar-refractivity contribution >= 4 is 17.5 Å². The minimum absolute atomic E-state index is 0.0402. The van der Waals surface area contributed by atoms with Crippen molar-refractivity contribution in [2.45, 2.75) is 0 Å². The van der Waals surface area contributed by atoms with Gasteiger partial charge in [-0.3, -0.25) is 9.78 Å². The molecule has 94 valence electrons. The standard InChI is InChI=1S/C9H15N5O3/c1-13-4-14(5-17-3-2-15)7-6(13)8(16)12-9(10)11-7/h15H,2-5H2,1H3,(H3,10,11,12,16). The van der Waals surface area contributed by atoms with E-state index in [9.17, 15) is 4.79 Å². The number of H-pyrrole nitrogens is 1. The maximum absolute atomic E-state index is 11.7. The molecular weight excluding hydrogens is 226 g/mol. The molecule has 1 aliphatic heterocycles. The molecule has 0 bridgehead atoms. The molecule has 8 nitrogen and oxygen atoms in total. The molecule has 0 atom stereocenters. The first-order chi connectivity index (χ1) is 8.13. The molecule has 0 aliphatic carbocycles. The highest BCUT2D eigenvalue weighted by Crippen LogP contribution is 2.29. The van der Waals surface area contributed by atoms with Gasteiger partial charge in [-0.1, -0.05) is 0 Å². The summed E-state index contributed by atoms with van der Waals surface area (Å²) in [5.41, 5.74) is 5.72. The summed E-state index contributed by atoms with van der Waals surface area (Å²) < 4.78 is 5.21. The number of aromatic nitrogens is 2. The van der Waals surface area contributed by atoms with Gasteiger partial charge in [-0.15, -0.1) is 0 Å². The summed E-state index contributed by atoms with van der Waals surface area (Å²) in [6.45, 7) is 0.962. The van der Waals surface area contributed by atoms with Gasteiger partial charge in [0.05, 0.1) is 19.9 Å². The van der Waals surface area contributed by atoms with E-state index in [1.165, 1.54) is 0 Å². The van der Waals surface area contributed by atoms with Crippen LogP contribution >= 0.6 is 0 Å². The molecule has 0 aromatic carbocycles. The second kappa shape index (κ2) is 4.60. The molecule has 8 heteroatoms. The largest absolute Gasteiger partial charge is 0.394 e. The Morgan fingerprint density at radius 3 is 3.12 bits per heavy atom. The van der Waals surface area contributed by atoms with Crippen molar-refractivity contribution in [3.63, 3.8) is 0 Å². The lowest BCUT2D eigenvalue weighted by atomic mass is 10.4. The summed E-state index contributed by atoms with van der Waals surface area (Å²) in [4.78, 5) is 21.8. The van der Waals surface area contributed by atoms with E-state index in [4.69, 9.17) is 15.6 Å². The highest BCUT2D eigenvalue weighted by atomic mass is 16.5. The van der Waals surface area contributed by atoms with Gasteiger partial charge in [0.15, 0.2) is 5.82 Å². The van der Waals surface area contributed by atoms with Gasteiger partial charge in [0.25, 0.3) is 5.56 Å². The van der Waals surface area contributed by atoms with Crippen molar-refractivity contribution in [3.8, 4) is 0 Å². The van der Waals surface area contributed by atoms with E-state index >= 15 is 0 Å². The van der Waals surface area contributed by atoms with Gasteiger partial charge < -0.3 is 25.4 Å². The number of aliphatic hydroxyl groups is 1. The number of hydrogen-bond acceptors (Lipinski definition) is 7. The molecule has 0 saturated carbocycles. The van der Waals surface area contributed by atoms with Crippen LogP contribution in [0.25, 0.3) is 0 Å². The number of aliphatic hydroxyl groups excluding tert-OH is 1. The van der Waals surface area contributed by atoms with Crippen LogP contribution in [0.3, 0.4) is 0 Å². The molecule has 2 rings (SSSR count). The van der Waals surface area contributed by atoms with E-state index < -0.39 is 0 Å². The maximum Gasteiger partial charge on any atom is 0.278 e. The highest BCUT2D eigenvalue weighted by molar-refractivity contribution is 5.71. The van der Waals surface area contributed by atoms with Crippen molar-refractivity contribution in [1.82, 2.24) is 9.97 Å². The summed E-state index contributed by atoms with van der Waals surface area (Å²) in [5.74, 6) is 0.586. The van der Waals surface area contributed by atoms with Crippen LogP contribution in [0.4, 0.5) is 17.5 Å². The number of nitrogens with one attached hydrogen (secondary N) is 1. The number of aromatic amines is 1. The van der Waals surface area contributed by atoms with Crippen LogP contribution in [0.1, 0.15) is 0 Å². The Morgan fingerprint density at radius 2 is 2.41 bits per heavy atom. The summed E-state index contributed by atoms with van der Waals surface area (Å²) in [6, 6.07) is 0. The molecule has 2 heterocycles. The van der Waals surface area contributed by atoms with Crippen molar-refractivity contribution < 1.29 is 9.84 Å². The van der Waals surface area contributed by atoms with Crippen LogP contribution in [0.5, 0.6) is 0 Å². The van der Waals surface area contributed by atoms with Crippen LogP contribution in [0, 0.1) is 0 Å². The minimum Gasteiger partial charge on any atom is -0.394 e. The predicted octanol–water partition coefficient (Wildman–Crippen LogP) is -1.47. The molecule has 0 fully saturated rings. The van der Waals surface area contributed by atoms with Gasteiger partial charge in [0.2, 0.25) is 5.95 Å². The van der Waals surface area contributed by atoms with Gasteiger partial charge in [0, 0.05) is 7.05 Å². The second-order valence-corrected chi connectivity index (χ2v) is 3.76. The highest BCUT2D eigenvalue weighted by Gasteiger charge is 2.28. The Morgan fingerprint density at radius 1 is 1.65 bits per heavy atom. The number of ether oxygens (including phenoxy) is 1. The summed E-state index contributed by atoms with van der Waals surface area (Å²) in [6.07, 6.45) is 0. The van der Waals surface area contributed by atoms with Gasteiger partial charge in [-0.05, 0) is 0 Å². The molecule has 0 spiro atoms. The monoisotopic (exact) mass is 241 g/mol. The Kier molecular flexibility index (Phi) is 3.16. The number of nitrogen functional groups attached to an aromatic ring is 1. The number of hydrogen-bond donors (Lipinski definition) is 3. The third-order valence-electron chi connectivity index (χ3n) is 2.44. The van der Waals surface area contributed by atoms with Gasteiger partial charge in [0.1, 0.15) is 12.4 Å². The van der Waals surface area contributed by atoms with E-state index in [-0.39, 0.29) is 31.5 Å². The maximum atomic E-state index is 11.7. The molecule has 1 aromatic rings.